The van der Waals surface area contributed by atoms with Gasteiger partial charge in [-0.1, -0.05) is 0 Å². The second kappa shape index (κ2) is 5.30. The van der Waals surface area contributed by atoms with E-state index in [-0.39, 0.29) is 11.5 Å². The van der Waals surface area contributed by atoms with Crippen LogP contribution in [0.1, 0.15) is 30.3 Å². The fourth-order valence-corrected chi connectivity index (χ4v) is 2.42. The maximum Gasteiger partial charge on any atom is 0.251 e. The Balaban J connectivity index is 2.01. The van der Waals surface area contributed by atoms with E-state index < -0.39 is 0 Å². The van der Waals surface area contributed by atoms with Gasteiger partial charge in [0.1, 0.15) is 5.82 Å². The normalized spacial score (nSPS) is 17.8. The third-order valence-corrected chi connectivity index (χ3v) is 3.27. The molecule has 0 bridgehead atoms. The van der Waals surface area contributed by atoms with Crippen molar-refractivity contribution in [1.29, 1.82) is 0 Å². The van der Waals surface area contributed by atoms with Gasteiger partial charge in [-0.05, 0) is 32.9 Å². The van der Waals surface area contributed by atoms with Gasteiger partial charge in [0.2, 0.25) is 5.91 Å². The Bertz CT molecular complexity index is 489. The maximum atomic E-state index is 11.4. The van der Waals surface area contributed by atoms with Crippen molar-refractivity contribution in [3.05, 3.63) is 27.9 Å². The lowest BCUT2D eigenvalue weighted by Gasteiger charge is -2.30. The van der Waals surface area contributed by atoms with Crippen LogP contribution in [0.2, 0.25) is 0 Å². The fraction of sp³-hybridized carbons (Fsp3) is 0.583. The molecule has 0 radical (unpaired) electrons. The number of carbonyl (C=O) groups is 1. The smallest absolute Gasteiger partial charge is 0.251 e. The largest absolute Gasteiger partial charge is 0.369 e. The first kappa shape index (κ1) is 12.8. The van der Waals surface area contributed by atoms with E-state index in [1.807, 2.05) is 4.90 Å². The van der Waals surface area contributed by atoms with Crippen LogP contribution in [0.5, 0.6) is 0 Å². The highest BCUT2D eigenvalue weighted by atomic mass is 16.1. The Morgan fingerprint density at radius 1 is 1.56 bits per heavy atom. The van der Waals surface area contributed by atoms with E-state index in [0.717, 1.165) is 31.6 Å². The molecule has 2 heterocycles. The number of piperidine rings is 1. The van der Waals surface area contributed by atoms with Crippen LogP contribution in [-0.2, 0) is 4.79 Å². The molecule has 3 N–H and O–H groups in total. The maximum absolute atomic E-state index is 11.4. The minimum Gasteiger partial charge on any atom is -0.369 e. The van der Waals surface area contributed by atoms with Gasteiger partial charge >= 0.3 is 0 Å². The van der Waals surface area contributed by atoms with Gasteiger partial charge in [0, 0.05) is 12.0 Å². The van der Waals surface area contributed by atoms with Crippen molar-refractivity contribution < 1.29 is 4.79 Å². The number of H-pyrrole nitrogens is 1. The van der Waals surface area contributed by atoms with Gasteiger partial charge in [0.15, 0.2) is 0 Å². The molecule has 18 heavy (non-hydrogen) atoms. The molecule has 0 aliphatic carbocycles. The van der Waals surface area contributed by atoms with Crippen LogP contribution in [0, 0.1) is 6.92 Å². The zero-order chi connectivity index (χ0) is 13.1. The van der Waals surface area contributed by atoms with Crippen molar-refractivity contribution in [3.63, 3.8) is 0 Å². The molecule has 1 amide bonds. The molecule has 1 saturated heterocycles. The summed E-state index contributed by atoms with van der Waals surface area (Å²) in [6, 6.07) is 1.57. The summed E-state index contributed by atoms with van der Waals surface area (Å²) in [6.07, 6.45) is 1.81. The summed E-state index contributed by atoms with van der Waals surface area (Å²) in [4.78, 5) is 31.3. The molecule has 0 spiro atoms. The molecule has 1 aliphatic heterocycles. The summed E-state index contributed by atoms with van der Waals surface area (Å²) in [6.45, 7) is 3.74. The zero-order valence-corrected chi connectivity index (χ0v) is 10.5. The third kappa shape index (κ3) is 3.16. The number of aromatic amines is 1. The van der Waals surface area contributed by atoms with E-state index >= 15 is 0 Å². The first-order valence-electron chi connectivity index (χ1n) is 6.13. The molecule has 1 aliphatic rings. The molecular formula is C12H18N4O2. The van der Waals surface area contributed by atoms with Gasteiger partial charge in [-0.15, -0.1) is 0 Å². The van der Waals surface area contributed by atoms with Crippen LogP contribution < -0.4 is 11.3 Å². The second-order valence-corrected chi connectivity index (χ2v) is 4.77. The van der Waals surface area contributed by atoms with Gasteiger partial charge < -0.3 is 10.7 Å². The molecular weight excluding hydrogens is 232 g/mol. The zero-order valence-electron chi connectivity index (χ0n) is 10.5. The number of nitrogens with one attached hydrogen (secondary N) is 1. The number of likely N-dealkylation sites (tertiary alicyclic amines) is 1. The van der Waals surface area contributed by atoms with Gasteiger partial charge in [-0.3, -0.25) is 14.5 Å². The van der Waals surface area contributed by atoms with Crippen LogP contribution in [0.4, 0.5) is 0 Å². The first-order valence-corrected chi connectivity index (χ1v) is 6.13. The number of hydrogen-bond donors (Lipinski definition) is 2. The lowest BCUT2D eigenvalue weighted by atomic mass is 9.93. The van der Waals surface area contributed by atoms with Gasteiger partial charge in [0.25, 0.3) is 5.56 Å². The molecule has 1 fully saturated rings. The standard InChI is InChI=1S/C12H18N4O2/c1-8-14-10(6-12(18)15-8)9-2-4-16(5-3-9)7-11(13)17/h6,9H,2-5,7H2,1H3,(H2,13,17)(H,14,15,18). The number of primary amides is 1. The molecule has 1 aromatic rings. The minimum absolute atomic E-state index is 0.0999. The van der Waals surface area contributed by atoms with Crippen LogP contribution in [0.3, 0.4) is 0 Å². The monoisotopic (exact) mass is 250 g/mol. The average molecular weight is 250 g/mol. The molecule has 6 heteroatoms. The van der Waals surface area contributed by atoms with Crippen LogP contribution >= 0.6 is 0 Å². The minimum atomic E-state index is -0.293. The number of aromatic nitrogens is 2. The molecule has 0 saturated carbocycles. The van der Waals surface area contributed by atoms with Crippen molar-refractivity contribution in [1.82, 2.24) is 14.9 Å². The molecule has 1 aromatic heterocycles. The Kier molecular flexibility index (Phi) is 3.76. The van der Waals surface area contributed by atoms with E-state index in [4.69, 9.17) is 5.73 Å². The number of rotatable bonds is 3. The summed E-state index contributed by atoms with van der Waals surface area (Å²) in [7, 11) is 0. The lowest BCUT2D eigenvalue weighted by Crippen LogP contribution is -2.39. The van der Waals surface area contributed by atoms with Gasteiger partial charge in [-0.25, -0.2) is 4.98 Å². The number of nitrogens with two attached hydrogens (primary N) is 1. The highest BCUT2D eigenvalue weighted by Gasteiger charge is 2.22. The first-order chi connectivity index (χ1) is 8.54. The van der Waals surface area contributed by atoms with Gasteiger partial charge in [-0.2, -0.15) is 0 Å². The number of carbonyl (C=O) groups excluding carboxylic acids is 1. The number of nitrogens with zero attached hydrogens (tertiary/aromatic N) is 2. The van der Waals surface area contributed by atoms with Crippen LogP contribution in [-0.4, -0.2) is 40.4 Å². The van der Waals surface area contributed by atoms with Gasteiger partial charge in [0.05, 0.1) is 12.2 Å². The predicted octanol–water partition coefficient (Wildman–Crippen LogP) is -0.257. The topological polar surface area (TPSA) is 92.1 Å². The number of amides is 1. The number of hydrogen-bond acceptors (Lipinski definition) is 4. The van der Waals surface area contributed by atoms with E-state index in [9.17, 15) is 9.59 Å². The van der Waals surface area contributed by atoms with Crippen LogP contribution in [0.25, 0.3) is 0 Å². The van der Waals surface area contributed by atoms with Crippen molar-refractivity contribution in [3.8, 4) is 0 Å². The molecule has 0 atom stereocenters. The lowest BCUT2D eigenvalue weighted by molar-refractivity contribution is -0.119. The van der Waals surface area contributed by atoms with E-state index in [1.54, 1.807) is 13.0 Å². The Morgan fingerprint density at radius 2 is 2.22 bits per heavy atom. The number of aryl methyl sites for hydroxylation is 1. The van der Waals surface area contributed by atoms with Crippen molar-refractivity contribution in [2.45, 2.75) is 25.7 Å². The Morgan fingerprint density at radius 3 is 2.78 bits per heavy atom. The van der Waals surface area contributed by atoms with Crippen LogP contribution in [0.15, 0.2) is 10.9 Å². The highest BCUT2D eigenvalue weighted by molar-refractivity contribution is 5.75. The Labute approximate surface area is 105 Å². The molecule has 0 unspecified atom stereocenters. The average Bonchev–Trinajstić information content (AvgIpc) is 2.27. The summed E-state index contributed by atoms with van der Waals surface area (Å²) >= 11 is 0. The summed E-state index contributed by atoms with van der Waals surface area (Å²) in [5.41, 5.74) is 5.93. The van der Waals surface area contributed by atoms with Crippen molar-refractivity contribution >= 4 is 5.91 Å². The predicted molar refractivity (Wildman–Crippen MR) is 67.2 cm³/mol. The SMILES string of the molecule is Cc1nc(C2CCN(CC(N)=O)CC2)cc(=O)[nH]1. The third-order valence-electron chi connectivity index (χ3n) is 3.27. The molecule has 98 valence electrons. The summed E-state index contributed by atoms with van der Waals surface area (Å²) in [5, 5.41) is 0. The van der Waals surface area contributed by atoms with E-state index in [1.165, 1.54) is 0 Å². The van der Waals surface area contributed by atoms with E-state index in [0.29, 0.717) is 18.3 Å². The summed E-state index contributed by atoms with van der Waals surface area (Å²) < 4.78 is 0. The van der Waals surface area contributed by atoms with Crippen molar-refractivity contribution in [2.75, 3.05) is 19.6 Å². The second-order valence-electron chi connectivity index (χ2n) is 4.77. The molecule has 0 aromatic carbocycles. The molecule has 6 nitrogen and oxygen atoms in total. The highest BCUT2D eigenvalue weighted by Crippen LogP contribution is 2.25. The summed E-state index contributed by atoms with van der Waals surface area (Å²) in [5.74, 6) is 0.658. The Hall–Kier alpha value is -1.69. The van der Waals surface area contributed by atoms with Crippen molar-refractivity contribution in [2.24, 2.45) is 5.73 Å². The molecule has 2 rings (SSSR count). The quantitative estimate of drug-likeness (QED) is 0.773. The van der Waals surface area contributed by atoms with E-state index in [2.05, 4.69) is 9.97 Å². The fourth-order valence-electron chi connectivity index (χ4n) is 2.42.